The van der Waals surface area contributed by atoms with Gasteiger partial charge in [-0.3, -0.25) is 4.79 Å². The summed E-state index contributed by atoms with van der Waals surface area (Å²) in [5, 5.41) is 12.2. The van der Waals surface area contributed by atoms with Crippen molar-refractivity contribution < 1.29 is 9.59 Å². The maximum Gasteiger partial charge on any atom is 0.315 e. The summed E-state index contributed by atoms with van der Waals surface area (Å²) in [6.45, 7) is 9.61. The molecular formula is C21H35ClN4O2. The first-order valence-corrected chi connectivity index (χ1v) is 9.97. The van der Waals surface area contributed by atoms with E-state index in [1.165, 1.54) is 5.56 Å². The first-order valence-electron chi connectivity index (χ1n) is 9.97. The maximum atomic E-state index is 12.7. The molecule has 1 aromatic carbocycles. The minimum absolute atomic E-state index is 0. The number of piperidine rings is 1. The molecule has 0 bridgehead atoms. The van der Waals surface area contributed by atoms with Gasteiger partial charge in [0.1, 0.15) is 6.04 Å². The van der Waals surface area contributed by atoms with Gasteiger partial charge in [0.05, 0.1) is 0 Å². The van der Waals surface area contributed by atoms with Gasteiger partial charge in [-0.15, -0.1) is 12.4 Å². The fourth-order valence-corrected chi connectivity index (χ4v) is 3.37. The SMILES string of the molecule is Cc1ccc(CNC(=O)NC(CC(C)C)C(=O)NC2CCNC(C)C2)cc1.Cl. The van der Waals surface area contributed by atoms with E-state index in [9.17, 15) is 9.59 Å². The fourth-order valence-electron chi connectivity index (χ4n) is 3.37. The molecule has 158 valence electrons. The number of benzene rings is 1. The van der Waals surface area contributed by atoms with Crippen LogP contribution in [0.4, 0.5) is 4.79 Å². The third kappa shape index (κ3) is 8.48. The standard InChI is InChI=1S/C21H34N4O2.ClH/c1-14(2)11-19(20(26)24-18-9-10-22-16(4)12-18)25-21(27)23-13-17-7-5-15(3)6-8-17;/h5-8,14,16,18-19,22H,9-13H2,1-4H3,(H,24,26)(H2,23,25,27);1H. The number of carbonyl (C=O) groups excluding carboxylic acids is 2. The summed E-state index contributed by atoms with van der Waals surface area (Å²) in [5.74, 6) is 0.221. The van der Waals surface area contributed by atoms with Crippen LogP contribution in [0.25, 0.3) is 0 Å². The number of halogens is 1. The lowest BCUT2D eigenvalue weighted by Crippen LogP contribution is -2.54. The predicted molar refractivity (Wildman–Crippen MR) is 116 cm³/mol. The van der Waals surface area contributed by atoms with Crippen LogP contribution < -0.4 is 21.3 Å². The zero-order valence-electron chi connectivity index (χ0n) is 17.4. The van der Waals surface area contributed by atoms with Crippen molar-refractivity contribution in [3.05, 3.63) is 35.4 Å². The van der Waals surface area contributed by atoms with Gasteiger partial charge in [-0.25, -0.2) is 4.79 Å². The highest BCUT2D eigenvalue weighted by Gasteiger charge is 2.26. The molecule has 7 heteroatoms. The summed E-state index contributed by atoms with van der Waals surface area (Å²) in [6.07, 6.45) is 2.45. The number of hydrogen-bond donors (Lipinski definition) is 4. The van der Waals surface area contributed by atoms with Gasteiger partial charge >= 0.3 is 6.03 Å². The average molecular weight is 411 g/mol. The number of urea groups is 1. The van der Waals surface area contributed by atoms with E-state index in [0.29, 0.717) is 24.9 Å². The Morgan fingerprint density at radius 2 is 1.89 bits per heavy atom. The molecule has 3 unspecified atom stereocenters. The topological polar surface area (TPSA) is 82.3 Å². The van der Waals surface area contributed by atoms with Gasteiger partial charge in [0.15, 0.2) is 0 Å². The van der Waals surface area contributed by atoms with Crippen molar-refractivity contribution >= 4 is 24.3 Å². The van der Waals surface area contributed by atoms with Gasteiger partial charge in [-0.1, -0.05) is 43.7 Å². The lowest BCUT2D eigenvalue weighted by Gasteiger charge is -2.30. The molecule has 0 saturated carbocycles. The van der Waals surface area contributed by atoms with Crippen LogP contribution >= 0.6 is 12.4 Å². The molecule has 3 atom stereocenters. The number of nitrogens with one attached hydrogen (secondary N) is 4. The van der Waals surface area contributed by atoms with Crippen LogP contribution in [0.3, 0.4) is 0 Å². The van der Waals surface area contributed by atoms with Crippen LogP contribution in [-0.2, 0) is 11.3 Å². The molecule has 0 spiro atoms. The summed E-state index contributed by atoms with van der Waals surface area (Å²) in [4.78, 5) is 25.0. The van der Waals surface area contributed by atoms with Gasteiger partial charge in [-0.2, -0.15) is 0 Å². The number of carbonyl (C=O) groups is 2. The fraction of sp³-hybridized carbons (Fsp3) is 0.619. The quantitative estimate of drug-likeness (QED) is 0.557. The zero-order valence-corrected chi connectivity index (χ0v) is 18.2. The third-order valence-electron chi connectivity index (χ3n) is 4.87. The van der Waals surface area contributed by atoms with Gasteiger partial charge in [0, 0.05) is 18.6 Å². The Kier molecular flexibility index (Phi) is 10.3. The van der Waals surface area contributed by atoms with Crippen LogP contribution in [0.1, 0.15) is 51.2 Å². The largest absolute Gasteiger partial charge is 0.351 e. The van der Waals surface area contributed by atoms with E-state index in [0.717, 1.165) is 24.9 Å². The molecule has 3 amide bonds. The van der Waals surface area contributed by atoms with E-state index < -0.39 is 6.04 Å². The van der Waals surface area contributed by atoms with Crippen molar-refractivity contribution in [3.8, 4) is 0 Å². The molecule has 1 aromatic rings. The van der Waals surface area contributed by atoms with Crippen LogP contribution in [0.5, 0.6) is 0 Å². The predicted octanol–water partition coefficient (Wildman–Crippen LogP) is 2.89. The van der Waals surface area contributed by atoms with E-state index in [2.05, 4.69) is 42.0 Å². The van der Waals surface area contributed by atoms with Crippen molar-refractivity contribution in [3.63, 3.8) is 0 Å². The van der Waals surface area contributed by atoms with Gasteiger partial charge in [0.2, 0.25) is 5.91 Å². The van der Waals surface area contributed by atoms with E-state index in [-0.39, 0.29) is 30.4 Å². The first kappa shape index (κ1) is 24.2. The molecule has 6 nitrogen and oxygen atoms in total. The molecule has 1 saturated heterocycles. The van der Waals surface area contributed by atoms with Gasteiger partial charge in [-0.05, 0) is 51.1 Å². The van der Waals surface area contributed by atoms with Crippen molar-refractivity contribution in [2.75, 3.05) is 6.54 Å². The average Bonchev–Trinajstić information content (AvgIpc) is 2.60. The number of rotatable bonds is 7. The van der Waals surface area contributed by atoms with Crippen LogP contribution in [0.2, 0.25) is 0 Å². The summed E-state index contributed by atoms with van der Waals surface area (Å²) in [6, 6.07) is 7.76. The second kappa shape index (κ2) is 11.9. The molecule has 0 radical (unpaired) electrons. The minimum atomic E-state index is -0.520. The highest BCUT2D eigenvalue weighted by atomic mass is 35.5. The molecule has 0 aliphatic carbocycles. The third-order valence-corrected chi connectivity index (χ3v) is 4.87. The molecule has 0 aromatic heterocycles. The lowest BCUT2D eigenvalue weighted by molar-refractivity contribution is -0.124. The summed E-state index contributed by atoms with van der Waals surface area (Å²) >= 11 is 0. The van der Waals surface area contributed by atoms with E-state index in [4.69, 9.17) is 0 Å². The normalized spacial score (nSPS) is 20.0. The minimum Gasteiger partial charge on any atom is -0.351 e. The van der Waals surface area contributed by atoms with Crippen molar-refractivity contribution in [2.45, 2.75) is 71.6 Å². The molecule has 2 rings (SSSR count). The van der Waals surface area contributed by atoms with E-state index >= 15 is 0 Å². The number of hydrogen-bond acceptors (Lipinski definition) is 3. The molecule has 1 heterocycles. The van der Waals surface area contributed by atoms with Crippen molar-refractivity contribution in [2.24, 2.45) is 5.92 Å². The number of amides is 3. The molecule has 1 fully saturated rings. The highest BCUT2D eigenvalue weighted by Crippen LogP contribution is 2.10. The molecule has 4 N–H and O–H groups in total. The van der Waals surface area contributed by atoms with Crippen LogP contribution in [0, 0.1) is 12.8 Å². The Morgan fingerprint density at radius 3 is 2.50 bits per heavy atom. The summed E-state index contributed by atoms with van der Waals surface area (Å²) in [7, 11) is 0. The molecule has 1 aliphatic rings. The van der Waals surface area contributed by atoms with Crippen molar-refractivity contribution in [1.82, 2.24) is 21.3 Å². The lowest BCUT2D eigenvalue weighted by atomic mass is 9.98. The molecule has 1 aliphatic heterocycles. The zero-order chi connectivity index (χ0) is 19.8. The van der Waals surface area contributed by atoms with Crippen LogP contribution in [-0.4, -0.2) is 36.6 Å². The Bertz CT molecular complexity index is 621. The molecular weight excluding hydrogens is 376 g/mol. The summed E-state index contributed by atoms with van der Waals surface area (Å²) < 4.78 is 0. The second-order valence-corrected chi connectivity index (χ2v) is 8.08. The monoisotopic (exact) mass is 410 g/mol. The second-order valence-electron chi connectivity index (χ2n) is 8.08. The summed E-state index contributed by atoms with van der Waals surface area (Å²) in [5.41, 5.74) is 2.22. The highest BCUT2D eigenvalue weighted by molar-refractivity contribution is 5.87. The smallest absolute Gasteiger partial charge is 0.315 e. The van der Waals surface area contributed by atoms with Gasteiger partial charge in [0.25, 0.3) is 0 Å². The van der Waals surface area contributed by atoms with E-state index in [1.54, 1.807) is 0 Å². The van der Waals surface area contributed by atoms with Crippen LogP contribution in [0.15, 0.2) is 24.3 Å². The molecule has 28 heavy (non-hydrogen) atoms. The maximum absolute atomic E-state index is 12.7. The van der Waals surface area contributed by atoms with Crippen molar-refractivity contribution in [1.29, 1.82) is 0 Å². The number of aryl methyl sites for hydroxylation is 1. The Morgan fingerprint density at radius 1 is 1.21 bits per heavy atom. The van der Waals surface area contributed by atoms with E-state index in [1.807, 2.05) is 31.2 Å². The van der Waals surface area contributed by atoms with Gasteiger partial charge < -0.3 is 21.3 Å². The Hall–Kier alpha value is -1.79. The first-order chi connectivity index (χ1) is 12.8. The Balaban J connectivity index is 0.00000392. The Labute approximate surface area is 175 Å².